The molecule has 1 heterocycles. The Morgan fingerprint density at radius 3 is 2.33 bits per heavy atom. The first kappa shape index (κ1) is 12.0. The monoisotopic (exact) mass is 276 g/mol. The molecule has 102 valence electrons. The van der Waals surface area contributed by atoms with Gasteiger partial charge in [0.1, 0.15) is 5.82 Å². The number of nitrogen functional groups attached to an aromatic ring is 1. The second kappa shape index (κ2) is 4.35. The third-order valence-corrected chi connectivity index (χ3v) is 3.82. The van der Waals surface area contributed by atoms with Gasteiger partial charge in [-0.05, 0) is 24.3 Å². The normalized spacial score (nSPS) is 11.3. The fourth-order valence-corrected chi connectivity index (χ4v) is 2.92. The number of nitrogens with two attached hydrogens (primary N) is 1. The standard InChI is InChI=1S/C18H13FN2/c19-14-8-5-7-13-12-6-1-3-10-16(12)21(18(13)14)17-11-4-2-9-15(17)20/h1-11H,20H2. The van der Waals surface area contributed by atoms with Crippen LogP contribution in [0.5, 0.6) is 0 Å². The van der Waals surface area contributed by atoms with Crippen LogP contribution in [0.3, 0.4) is 0 Å². The lowest BCUT2D eigenvalue weighted by molar-refractivity contribution is 0.635. The minimum atomic E-state index is -0.244. The molecule has 21 heavy (non-hydrogen) atoms. The summed E-state index contributed by atoms with van der Waals surface area (Å²) < 4.78 is 16.3. The fourth-order valence-electron chi connectivity index (χ4n) is 2.92. The van der Waals surface area contributed by atoms with Crippen LogP contribution in [0.1, 0.15) is 0 Å². The molecule has 0 saturated carbocycles. The highest BCUT2D eigenvalue weighted by Gasteiger charge is 2.15. The molecule has 0 atom stereocenters. The van der Waals surface area contributed by atoms with Crippen molar-refractivity contribution in [2.75, 3.05) is 5.73 Å². The van der Waals surface area contributed by atoms with E-state index in [1.54, 1.807) is 6.07 Å². The molecule has 0 amide bonds. The van der Waals surface area contributed by atoms with Gasteiger partial charge in [0.25, 0.3) is 0 Å². The molecule has 3 heteroatoms. The van der Waals surface area contributed by atoms with E-state index in [-0.39, 0.29) is 5.82 Å². The first-order valence-electron chi connectivity index (χ1n) is 6.80. The van der Waals surface area contributed by atoms with Gasteiger partial charge in [0.15, 0.2) is 0 Å². The molecule has 0 bridgehead atoms. The first-order valence-corrected chi connectivity index (χ1v) is 6.80. The van der Waals surface area contributed by atoms with Crippen LogP contribution < -0.4 is 5.73 Å². The maximum absolute atomic E-state index is 14.4. The van der Waals surface area contributed by atoms with Crippen molar-refractivity contribution >= 4 is 27.5 Å². The molecular weight excluding hydrogens is 263 g/mol. The van der Waals surface area contributed by atoms with Gasteiger partial charge in [-0.25, -0.2) is 4.39 Å². The number of fused-ring (bicyclic) bond motifs is 3. The summed E-state index contributed by atoms with van der Waals surface area (Å²) in [5.41, 5.74) is 9.05. The molecule has 4 rings (SSSR count). The Hall–Kier alpha value is -2.81. The van der Waals surface area contributed by atoms with Crippen molar-refractivity contribution in [1.29, 1.82) is 0 Å². The molecule has 3 aromatic carbocycles. The summed E-state index contributed by atoms with van der Waals surface area (Å²) in [4.78, 5) is 0. The third kappa shape index (κ3) is 1.64. The van der Waals surface area contributed by atoms with E-state index in [2.05, 4.69) is 0 Å². The topological polar surface area (TPSA) is 30.9 Å². The van der Waals surface area contributed by atoms with E-state index in [4.69, 9.17) is 5.73 Å². The van der Waals surface area contributed by atoms with E-state index in [0.717, 1.165) is 22.0 Å². The van der Waals surface area contributed by atoms with Gasteiger partial charge in [-0.1, -0.05) is 42.5 Å². The number of rotatable bonds is 1. The number of aromatic nitrogens is 1. The molecule has 0 radical (unpaired) electrons. The zero-order valence-electron chi connectivity index (χ0n) is 11.3. The predicted octanol–water partition coefficient (Wildman–Crippen LogP) is 4.51. The Balaban J connectivity index is 2.28. The number of hydrogen-bond donors (Lipinski definition) is 1. The highest BCUT2D eigenvalue weighted by molar-refractivity contribution is 6.09. The zero-order chi connectivity index (χ0) is 14.4. The highest BCUT2D eigenvalue weighted by Crippen LogP contribution is 2.34. The van der Waals surface area contributed by atoms with Gasteiger partial charge < -0.3 is 10.3 Å². The van der Waals surface area contributed by atoms with Gasteiger partial charge in [-0.3, -0.25) is 0 Å². The van der Waals surface area contributed by atoms with Crippen molar-refractivity contribution in [1.82, 2.24) is 4.57 Å². The quantitative estimate of drug-likeness (QED) is 0.510. The van der Waals surface area contributed by atoms with Crippen molar-refractivity contribution in [3.8, 4) is 5.69 Å². The molecule has 0 unspecified atom stereocenters. The molecule has 1 aromatic heterocycles. The van der Waals surface area contributed by atoms with Crippen molar-refractivity contribution in [2.45, 2.75) is 0 Å². The largest absolute Gasteiger partial charge is 0.397 e. The van der Waals surface area contributed by atoms with E-state index >= 15 is 0 Å². The van der Waals surface area contributed by atoms with Crippen LogP contribution in [0.2, 0.25) is 0 Å². The Morgan fingerprint density at radius 2 is 1.48 bits per heavy atom. The molecule has 0 saturated heterocycles. The minimum Gasteiger partial charge on any atom is -0.397 e. The molecule has 0 aliphatic rings. The number of benzene rings is 3. The summed E-state index contributed by atoms with van der Waals surface area (Å²) in [6.07, 6.45) is 0. The Bertz CT molecular complexity index is 969. The maximum atomic E-state index is 14.4. The fraction of sp³-hybridized carbons (Fsp3) is 0. The summed E-state index contributed by atoms with van der Waals surface area (Å²) in [7, 11) is 0. The van der Waals surface area contributed by atoms with E-state index in [1.165, 1.54) is 6.07 Å². The van der Waals surface area contributed by atoms with Crippen LogP contribution in [0.15, 0.2) is 66.7 Å². The van der Waals surface area contributed by atoms with Crippen LogP contribution in [-0.2, 0) is 0 Å². The van der Waals surface area contributed by atoms with Gasteiger partial charge in [0, 0.05) is 10.8 Å². The SMILES string of the molecule is Nc1ccccc1-n1c2ccccc2c2cccc(F)c21. The van der Waals surface area contributed by atoms with Gasteiger partial charge in [-0.15, -0.1) is 0 Å². The number of anilines is 1. The number of para-hydroxylation sites is 4. The maximum Gasteiger partial charge on any atom is 0.147 e. The van der Waals surface area contributed by atoms with E-state index in [0.29, 0.717) is 11.2 Å². The summed E-state index contributed by atoms with van der Waals surface area (Å²) in [6.45, 7) is 0. The Kier molecular flexibility index (Phi) is 2.48. The summed E-state index contributed by atoms with van der Waals surface area (Å²) >= 11 is 0. The molecule has 0 fully saturated rings. The second-order valence-corrected chi connectivity index (χ2v) is 5.05. The smallest absolute Gasteiger partial charge is 0.147 e. The number of hydrogen-bond acceptors (Lipinski definition) is 1. The summed E-state index contributed by atoms with van der Waals surface area (Å²) in [6, 6.07) is 20.6. The highest BCUT2D eigenvalue weighted by atomic mass is 19.1. The van der Waals surface area contributed by atoms with Crippen molar-refractivity contribution in [3.05, 3.63) is 72.5 Å². The van der Waals surface area contributed by atoms with Crippen LogP contribution in [0, 0.1) is 5.82 Å². The van der Waals surface area contributed by atoms with Crippen molar-refractivity contribution < 1.29 is 4.39 Å². The average molecular weight is 276 g/mol. The number of halogens is 1. The molecule has 4 aromatic rings. The summed E-state index contributed by atoms with van der Waals surface area (Å²) in [5.74, 6) is -0.244. The molecule has 2 N–H and O–H groups in total. The molecule has 2 nitrogen and oxygen atoms in total. The zero-order valence-corrected chi connectivity index (χ0v) is 11.3. The van der Waals surface area contributed by atoms with E-state index in [1.807, 2.05) is 59.2 Å². The molecule has 0 spiro atoms. The lowest BCUT2D eigenvalue weighted by atomic mass is 10.1. The van der Waals surface area contributed by atoms with Crippen LogP contribution in [-0.4, -0.2) is 4.57 Å². The number of nitrogens with zero attached hydrogens (tertiary/aromatic N) is 1. The van der Waals surface area contributed by atoms with Gasteiger partial charge >= 0.3 is 0 Å². The van der Waals surface area contributed by atoms with Gasteiger partial charge in [0.05, 0.1) is 22.4 Å². The van der Waals surface area contributed by atoms with Crippen LogP contribution in [0.4, 0.5) is 10.1 Å². The van der Waals surface area contributed by atoms with Crippen molar-refractivity contribution in [2.24, 2.45) is 0 Å². The van der Waals surface area contributed by atoms with Gasteiger partial charge in [-0.2, -0.15) is 0 Å². The summed E-state index contributed by atoms with van der Waals surface area (Å²) in [5, 5.41) is 1.92. The van der Waals surface area contributed by atoms with Crippen LogP contribution in [0.25, 0.3) is 27.5 Å². The minimum absolute atomic E-state index is 0.244. The van der Waals surface area contributed by atoms with Gasteiger partial charge in [0.2, 0.25) is 0 Å². The predicted molar refractivity (Wildman–Crippen MR) is 85.2 cm³/mol. The third-order valence-electron chi connectivity index (χ3n) is 3.82. The Morgan fingerprint density at radius 1 is 0.762 bits per heavy atom. The van der Waals surface area contributed by atoms with Crippen molar-refractivity contribution in [3.63, 3.8) is 0 Å². The lowest BCUT2D eigenvalue weighted by Gasteiger charge is -2.10. The van der Waals surface area contributed by atoms with Crippen LogP contribution >= 0.6 is 0 Å². The average Bonchev–Trinajstić information content (AvgIpc) is 2.84. The lowest BCUT2D eigenvalue weighted by Crippen LogP contribution is -2.00. The molecule has 0 aliphatic heterocycles. The first-order chi connectivity index (χ1) is 10.3. The van der Waals surface area contributed by atoms with E-state index < -0.39 is 0 Å². The Labute approximate surface area is 121 Å². The second-order valence-electron chi connectivity index (χ2n) is 5.05. The molecular formula is C18H13FN2. The van der Waals surface area contributed by atoms with E-state index in [9.17, 15) is 4.39 Å². The molecule has 0 aliphatic carbocycles.